The summed E-state index contributed by atoms with van der Waals surface area (Å²) in [5.41, 5.74) is 0. The van der Waals surface area contributed by atoms with Crippen molar-refractivity contribution < 1.29 is 9.90 Å². The fraction of sp³-hybridized carbons (Fsp3) is 0.842. The monoisotopic (exact) mass is 356 g/mol. The summed E-state index contributed by atoms with van der Waals surface area (Å²) in [5.74, 6) is 5.10. The second-order valence-electron chi connectivity index (χ2n) is 6.97. The number of thioether (sulfide) groups is 2. The van der Waals surface area contributed by atoms with Crippen molar-refractivity contribution in [3.05, 3.63) is 12.2 Å². The van der Waals surface area contributed by atoms with Gasteiger partial charge >= 0.3 is 5.97 Å². The summed E-state index contributed by atoms with van der Waals surface area (Å²) in [6, 6.07) is 0. The van der Waals surface area contributed by atoms with E-state index in [9.17, 15) is 4.79 Å². The number of allylic oxidation sites excluding steroid dienone is 2. The predicted octanol–water partition coefficient (Wildman–Crippen LogP) is 5.62. The van der Waals surface area contributed by atoms with Crippen molar-refractivity contribution >= 4 is 29.5 Å². The summed E-state index contributed by atoms with van der Waals surface area (Å²) < 4.78 is 0. The Morgan fingerprint density at radius 3 is 2.70 bits per heavy atom. The molecule has 0 unspecified atom stereocenters. The minimum Gasteiger partial charge on any atom is -0.481 e. The van der Waals surface area contributed by atoms with E-state index < -0.39 is 5.97 Å². The van der Waals surface area contributed by atoms with Crippen molar-refractivity contribution in [1.82, 2.24) is 0 Å². The van der Waals surface area contributed by atoms with Crippen LogP contribution in [0, 0.1) is 11.8 Å². The molecule has 1 N–H and O–H groups in total. The van der Waals surface area contributed by atoms with Gasteiger partial charge in [-0.15, -0.1) is 0 Å². The molecule has 0 aromatic carbocycles. The average molecular weight is 357 g/mol. The lowest BCUT2D eigenvalue weighted by atomic mass is 9.90. The highest BCUT2D eigenvalue weighted by molar-refractivity contribution is 8.00. The van der Waals surface area contributed by atoms with Crippen LogP contribution in [-0.4, -0.2) is 33.6 Å². The first-order chi connectivity index (χ1) is 11.3. The summed E-state index contributed by atoms with van der Waals surface area (Å²) in [6.45, 7) is 0. The van der Waals surface area contributed by atoms with Crippen LogP contribution < -0.4 is 0 Å². The Morgan fingerprint density at radius 1 is 1.13 bits per heavy atom. The second kappa shape index (κ2) is 11.5. The molecular weight excluding hydrogens is 324 g/mol. The molecule has 2 fully saturated rings. The van der Waals surface area contributed by atoms with Crippen molar-refractivity contribution in [2.24, 2.45) is 11.8 Å². The smallest absolute Gasteiger partial charge is 0.303 e. The van der Waals surface area contributed by atoms with E-state index in [0.717, 1.165) is 29.9 Å². The second-order valence-corrected chi connectivity index (χ2v) is 9.45. The first kappa shape index (κ1) is 19.2. The average Bonchev–Trinajstić information content (AvgIpc) is 2.99. The normalized spacial score (nSPS) is 26.1. The molecule has 2 rings (SSSR count). The number of carboxylic acids is 1. The van der Waals surface area contributed by atoms with E-state index in [1.54, 1.807) is 0 Å². The maximum atomic E-state index is 10.5. The van der Waals surface area contributed by atoms with Gasteiger partial charge in [0.25, 0.3) is 0 Å². The largest absolute Gasteiger partial charge is 0.481 e. The van der Waals surface area contributed by atoms with E-state index in [1.807, 2.05) is 0 Å². The first-order valence-corrected chi connectivity index (χ1v) is 11.5. The zero-order valence-corrected chi connectivity index (χ0v) is 15.9. The van der Waals surface area contributed by atoms with Crippen molar-refractivity contribution in [3.63, 3.8) is 0 Å². The molecule has 1 saturated heterocycles. The number of carbonyl (C=O) groups is 1. The molecule has 1 saturated carbocycles. The Balaban J connectivity index is 1.56. The Bertz CT molecular complexity index is 364. The molecule has 1 heterocycles. The lowest BCUT2D eigenvalue weighted by Crippen LogP contribution is -2.14. The third-order valence-corrected chi connectivity index (χ3v) is 7.83. The van der Waals surface area contributed by atoms with Crippen LogP contribution in [0.1, 0.15) is 64.2 Å². The Kier molecular flexibility index (Phi) is 9.59. The number of carboxylic acid groups (broad SMARTS) is 1. The summed E-state index contributed by atoms with van der Waals surface area (Å²) in [5, 5.41) is 9.57. The van der Waals surface area contributed by atoms with Crippen LogP contribution in [0.4, 0.5) is 0 Å². The van der Waals surface area contributed by atoms with Crippen LogP contribution >= 0.6 is 23.5 Å². The predicted molar refractivity (Wildman–Crippen MR) is 103 cm³/mol. The molecule has 4 heteroatoms. The molecule has 2 nitrogen and oxygen atoms in total. The third kappa shape index (κ3) is 8.02. The van der Waals surface area contributed by atoms with Gasteiger partial charge in [0, 0.05) is 11.7 Å². The number of hydrogen-bond acceptors (Lipinski definition) is 3. The van der Waals surface area contributed by atoms with Crippen molar-refractivity contribution in [2.75, 3.05) is 17.3 Å². The molecule has 0 radical (unpaired) electrons. The molecule has 1 aliphatic carbocycles. The third-order valence-electron chi connectivity index (χ3n) is 5.09. The fourth-order valence-corrected chi connectivity index (χ4v) is 6.63. The summed E-state index contributed by atoms with van der Waals surface area (Å²) in [7, 11) is 0. The van der Waals surface area contributed by atoms with Crippen LogP contribution in [0.15, 0.2) is 12.2 Å². The van der Waals surface area contributed by atoms with E-state index in [4.69, 9.17) is 5.11 Å². The van der Waals surface area contributed by atoms with Gasteiger partial charge in [-0.05, 0) is 67.6 Å². The van der Waals surface area contributed by atoms with E-state index in [0.29, 0.717) is 6.42 Å². The molecular formula is C19H32O2S2. The van der Waals surface area contributed by atoms with Gasteiger partial charge in [0.1, 0.15) is 0 Å². The Hall–Kier alpha value is -0.0900. The van der Waals surface area contributed by atoms with E-state index >= 15 is 0 Å². The molecule has 0 aromatic heterocycles. The van der Waals surface area contributed by atoms with Crippen LogP contribution in [0.3, 0.4) is 0 Å². The van der Waals surface area contributed by atoms with E-state index in [2.05, 4.69) is 35.7 Å². The zero-order valence-electron chi connectivity index (χ0n) is 14.3. The molecule has 0 spiro atoms. The summed E-state index contributed by atoms with van der Waals surface area (Å²) in [6.07, 6.45) is 16.3. The Morgan fingerprint density at radius 2 is 1.91 bits per heavy atom. The van der Waals surface area contributed by atoms with Gasteiger partial charge in [-0.2, -0.15) is 23.5 Å². The van der Waals surface area contributed by atoms with E-state index in [-0.39, 0.29) is 0 Å². The van der Waals surface area contributed by atoms with Gasteiger partial charge in [-0.25, -0.2) is 0 Å². The highest BCUT2D eigenvalue weighted by Crippen LogP contribution is 2.37. The van der Waals surface area contributed by atoms with Crippen LogP contribution in [0.25, 0.3) is 0 Å². The SMILES string of the molecule is O=C(O)CCC/C=C\C[C@H]1CSC[C@H]1CCSC1CCCCC1. The molecule has 1 aliphatic heterocycles. The molecule has 0 bridgehead atoms. The lowest BCUT2D eigenvalue weighted by molar-refractivity contribution is -0.137. The van der Waals surface area contributed by atoms with Gasteiger partial charge in [0.15, 0.2) is 0 Å². The minimum atomic E-state index is -0.680. The van der Waals surface area contributed by atoms with Crippen LogP contribution in [0.2, 0.25) is 0 Å². The fourth-order valence-electron chi connectivity index (χ4n) is 3.60. The molecule has 0 amide bonds. The maximum absolute atomic E-state index is 10.5. The van der Waals surface area contributed by atoms with Crippen molar-refractivity contribution in [3.8, 4) is 0 Å². The maximum Gasteiger partial charge on any atom is 0.303 e. The van der Waals surface area contributed by atoms with E-state index in [1.165, 1.54) is 62.2 Å². The number of aliphatic carboxylic acids is 1. The summed E-state index contributed by atoms with van der Waals surface area (Å²) >= 11 is 4.37. The standard InChI is InChI=1S/C19H32O2S2/c20-19(21)11-7-2-1-4-8-16-14-22-15-17(16)12-13-23-18-9-5-3-6-10-18/h1,4,16-18H,2-3,5-15H2,(H,20,21)/b4-1-/t16-,17+/m0/s1. The molecule has 2 atom stereocenters. The zero-order chi connectivity index (χ0) is 16.3. The quantitative estimate of drug-likeness (QED) is 0.407. The minimum absolute atomic E-state index is 0.296. The van der Waals surface area contributed by atoms with Gasteiger partial charge in [0.2, 0.25) is 0 Å². The molecule has 0 aromatic rings. The topological polar surface area (TPSA) is 37.3 Å². The van der Waals surface area contributed by atoms with Gasteiger partial charge in [-0.1, -0.05) is 31.4 Å². The van der Waals surface area contributed by atoms with Gasteiger partial charge in [0.05, 0.1) is 0 Å². The van der Waals surface area contributed by atoms with Crippen molar-refractivity contribution in [1.29, 1.82) is 0 Å². The number of rotatable bonds is 10. The molecule has 2 aliphatic rings. The van der Waals surface area contributed by atoms with Crippen LogP contribution in [-0.2, 0) is 4.79 Å². The highest BCUT2D eigenvalue weighted by Gasteiger charge is 2.26. The first-order valence-electron chi connectivity index (χ1n) is 9.32. The number of unbranched alkanes of at least 4 members (excludes halogenated alkanes) is 1. The lowest BCUT2D eigenvalue weighted by Gasteiger charge is -2.22. The molecule has 132 valence electrons. The number of hydrogen-bond donors (Lipinski definition) is 1. The van der Waals surface area contributed by atoms with Gasteiger partial charge in [-0.3, -0.25) is 4.79 Å². The molecule has 23 heavy (non-hydrogen) atoms. The van der Waals surface area contributed by atoms with Crippen LogP contribution in [0.5, 0.6) is 0 Å². The summed E-state index contributed by atoms with van der Waals surface area (Å²) in [4.78, 5) is 10.5. The van der Waals surface area contributed by atoms with Crippen molar-refractivity contribution in [2.45, 2.75) is 69.5 Å². The highest BCUT2D eigenvalue weighted by atomic mass is 32.2. The van der Waals surface area contributed by atoms with Gasteiger partial charge < -0.3 is 5.11 Å². The Labute approximate surface area is 150 Å².